The highest BCUT2D eigenvalue weighted by molar-refractivity contribution is 7.88. The molecule has 0 saturated heterocycles. The van der Waals surface area contributed by atoms with Crippen LogP contribution in [0.3, 0.4) is 0 Å². The molecule has 0 fully saturated rings. The van der Waals surface area contributed by atoms with Crippen molar-refractivity contribution >= 4 is 15.7 Å². The number of nitrogens with two attached hydrogens (primary N) is 1. The number of nitrogens with zero attached hydrogens (tertiary/aromatic N) is 1. The van der Waals surface area contributed by atoms with Gasteiger partial charge in [0.15, 0.2) is 0 Å². The van der Waals surface area contributed by atoms with Gasteiger partial charge in [-0.05, 0) is 24.6 Å². The first-order valence-electron chi connectivity index (χ1n) is 5.68. The van der Waals surface area contributed by atoms with Crippen molar-refractivity contribution in [3.63, 3.8) is 0 Å². The molecule has 1 aromatic carbocycles. The summed E-state index contributed by atoms with van der Waals surface area (Å²) < 4.78 is 31.4. The number of rotatable bonds is 5. The van der Waals surface area contributed by atoms with Gasteiger partial charge >= 0.3 is 0 Å². The summed E-state index contributed by atoms with van der Waals surface area (Å²) in [6.07, 6.45) is 1.54. The number of sulfonamides is 1. The van der Waals surface area contributed by atoms with E-state index in [2.05, 4.69) is 9.71 Å². The molecule has 6 nitrogen and oxygen atoms in total. The molecule has 2 rings (SSSR count). The van der Waals surface area contributed by atoms with E-state index in [4.69, 9.17) is 10.2 Å². The Morgan fingerprint density at radius 3 is 2.84 bits per heavy atom. The number of hydrogen-bond donors (Lipinski definition) is 2. The van der Waals surface area contributed by atoms with E-state index in [-0.39, 0.29) is 12.3 Å². The molecule has 3 N–H and O–H groups in total. The number of nitrogens with one attached hydrogen (secondary N) is 1. The number of nitrogen functional groups attached to an aromatic ring is 1. The van der Waals surface area contributed by atoms with Gasteiger partial charge in [0.05, 0.1) is 18.5 Å². The molecular weight excluding hydrogens is 266 g/mol. The van der Waals surface area contributed by atoms with Gasteiger partial charge in [-0.15, -0.1) is 0 Å². The zero-order valence-electron chi connectivity index (χ0n) is 10.5. The van der Waals surface area contributed by atoms with Crippen LogP contribution in [-0.4, -0.2) is 13.4 Å². The van der Waals surface area contributed by atoms with Gasteiger partial charge in [-0.1, -0.05) is 12.1 Å². The Morgan fingerprint density at radius 2 is 2.21 bits per heavy atom. The fourth-order valence-corrected chi connectivity index (χ4v) is 2.67. The Bertz CT molecular complexity index is 664. The maximum atomic E-state index is 11.9. The minimum absolute atomic E-state index is 0.0402. The van der Waals surface area contributed by atoms with Gasteiger partial charge in [-0.25, -0.2) is 18.1 Å². The van der Waals surface area contributed by atoms with Crippen LogP contribution in [0.1, 0.15) is 17.2 Å². The number of aromatic nitrogens is 1. The molecule has 0 aliphatic rings. The minimum atomic E-state index is -3.45. The van der Waals surface area contributed by atoms with Gasteiger partial charge in [0.2, 0.25) is 15.9 Å². The monoisotopic (exact) mass is 281 g/mol. The zero-order chi connectivity index (χ0) is 13.9. The summed E-state index contributed by atoms with van der Waals surface area (Å²) in [6, 6.07) is 6.77. The van der Waals surface area contributed by atoms with Gasteiger partial charge in [0.25, 0.3) is 0 Å². The van der Waals surface area contributed by atoms with Crippen LogP contribution in [0.2, 0.25) is 0 Å². The lowest BCUT2D eigenvalue weighted by Gasteiger charge is -2.05. The summed E-state index contributed by atoms with van der Waals surface area (Å²) in [4.78, 5) is 3.93. The van der Waals surface area contributed by atoms with E-state index in [1.165, 1.54) is 0 Å². The van der Waals surface area contributed by atoms with Crippen molar-refractivity contribution in [1.29, 1.82) is 0 Å². The highest BCUT2D eigenvalue weighted by Crippen LogP contribution is 2.10. The van der Waals surface area contributed by atoms with E-state index >= 15 is 0 Å². The highest BCUT2D eigenvalue weighted by atomic mass is 32.2. The molecule has 0 unspecified atom stereocenters. The molecule has 0 saturated carbocycles. The van der Waals surface area contributed by atoms with Crippen LogP contribution in [0, 0.1) is 6.92 Å². The molecule has 0 spiro atoms. The summed E-state index contributed by atoms with van der Waals surface area (Å²) >= 11 is 0. The van der Waals surface area contributed by atoms with E-state index in [1.807, 2.05) is 0 Å². The zero-order valence-corrected chi connectivity index (χ0v) is 11.3. The molecule has 0 bridgehead atoms. The summed E-state index contributed by atoms with van der Waals surface area (Å²) in [5.74, 6) is 0.858. The predicted octanol–water partition coefficient (Wildman–Crippen LogP) is 1.18. The largest absolute Gasteiger partial charge is 0.445 e. The molecule has 0 atom stereocenters. The van der Waals surface area contributed by atoms with Crippen molar-refractivity contribution < 1.29 is 12.8 Å². The first-order valence-corrected chi connectivity index (χ1v) is 7.33. The molecule has 0 amide bonds. The van der Waals surface area contributed by atoms with Crippen LogP contribution in [0.5, 0.6) is 0 Å². The summed E-state index contributed by atoms with van der Waals surface area (Å²) in [6.45, 7) is 1.79. The first-order chi connectivity index (χ1) is 8.94. The first kappa shape index (κ1) is 13.6. The van der Waals surface area contributed by atoms with Gasteiger partial charge in [-0.2, -0.15) is 0 Å². The quantitative estimate of drug-likeness (QED) is 0.802. The molecule has 102 valence electrons. The smallest absolute Gasteiger partial charge is 0.216 e. The van der Waals surface area contributed by atoms with Crippen LogP contribution in [0.4, 0.5) is 5.69 Å². The lowest BCUT2D eigenvalue weighted by atomic mass is 10.2. The number of benzene rings is 1. The Hall–Kier alpha value is -1.86. The van der Waals surface area contributed by atoms with Crippen molar-refractivity contribution in [2.45, 2.75) is 19.2 Å². The van der Waals surface area contributed by atoms with Gasteiger partial charge in [-0.3, -0.25) is 0 Å². The topological polar surface area (TPSA) is 98.2 Å². The van der Waals surface area contributed by atoms with Gasteiger partial charge < -0.3 is 10.2 Å². The number of hydrogen-bond acceptors (Lipinski definition) is 5. The minimum Gasteiger partial charge on any atom is -0.445 e. The second-order valence-electron chi connectivity index (χ2n) is 4.19. The van der Waals surface area contributed by atoms with Gasteiger partial charge in [0, 0.05) is 5.69 Å². The molecule has 19 heavy (non-hydrogen) atoms. The van der Waals surface area contributed by atoms with Gasteiger partial charge in [0.1, 0.15) is 5.76 Å². The molecule has 2 aromatic rings. The highest BCUT2D eigenvalue weighted by Gasteiger charge is 2.13. The number of oxazole rings is 1. The fourth-order valence-electron chi connectivity index (χ4n) is 1.61. The molecular formula is C12H15N3O3S. The van der Waals surface area contributed by atoms with E-state index in [9.17, 15) is 8.42 Å². The van der Waals surface area contributed by atoms with Crippen LogP contribution in [-0.2, 0) is 22.3 Å². The Labute approximate surface area is 111 Å². The molecule has 0 radical (unpaired) electrons. The van der Waals surface area contributed by atoms with Crippen molar-refractivity contribution in [3.05, 3.63) is 47.7 Å². The summed E-state index contributed by atoms with van der Waals surface area (Å²) in [5, 5.41) is 0. The van der Waals surface area contributed by atoms with E-state index in [0.717, 1.165) is 0 Å². The number of aryl methyl sites for hydroxylation is 1. The third-order valence-corrected chi connectivity index (χ3v) is 3.72. The Morgan fingerprint density at radius 1 is 1.42 bits per heavy atom. The average molecular weight is 281 g/mol. The van der Waals surface area contributed by atoms with Crippen molar-refractivity contribution in [2.75, 3.05) is 5.73 Å². The van der Waals surface area contributed by atoms with Crippen LogP contribution in [0.25, 0.3) is 0 Å². The number of anilines is 1. The standard InChI is InChI=1S/C12H15N3O3S/c1-9-6-14-12(18-9)7-15-19(16,17)8-10-3-2-4-11(13)5-10/h2-6,15H,7-8,13H2,1H3. The molecule has 0 aliphatic heterocycles. The van der Waals surface area contributed by atoms with Crippen molar-refractivity contribution in [1.82, 2.24) is 9.71 Å². The molecule has 0 aliphatic carbocycles. The van der Waals surface area contributed by atoms with Crippen molar-refractivity contribution in [3.8, 4) is 0 Å². The average Bonchev–Trinajstić information content (AvgIpc) is 2.72. The molecule has 1 heterocycles. The summed E-state index contributed by atoms with van der Waals surface area (Å²) in [7, 11) is -3.45. The SMILES string of the molecule is Cc1cnc(CNS(=O)(=O)Cc2cccc(N)c2)o1. The fraction of sp³-hybridized carbons (Fsp3) is 0.250. The molecule has 1 aromatic heterocycles. The normalized spacial score (nSPS) is 11.6. The predicted molar refractivity (Wildman–Crippen MR) is 71.6 cm³/mol. The molecule has 7 heteroatoms. The van der Waals surface area contributed by atoms with E-state index in [1.54, 1.807) is 37.4 Å². The van der Waals surface area contributed by atoms with Crippen LogP contribution < -0.4 is 10.5 Å². The second-order valence-corrected chi connectivity index (χ2v) is 6.00. The maximum absolute atomic E-state index is 11.9. The van der Waals surface area contributed by atoms with E-state index in [0.29, 0.717) is 22.9 Å². The Kier molecular flexibility index (Phi) is 3.87. The van der Waals surface area contributed by atoms with Crippen molar-refractivity contribution in [2.24, 2.45) is 0 Å². The van der Waals surface area contributed by atoms with Crippen LogP contribution >= 0.6 is 0 Å². The maximum Gasteiger partial charge on any atom is 0.216 e. The van der Waals surface area contributed by atoms with E-state index < -0.39 is 10.0 Å². The lowest BCUT2D eigenvalue weighted by molar-refractivity contribution is 0.463. The Balaban J connectivity index is 1.99. The summed E-state index contributed by atoms with van der Waals surface area (Å²) in [5.41, 5.74) is 6.78. The lowest BCUT2D eigenvalue weighted by Crippen LogP contribution is -2.24. The third kappa shape index (κ3) is 4.08. The second kappa shape index (κ2) is 5.41. The third-order valence-electron chi connectivity index (χ3n) is 2.42. The van der Waals surface area contributed by atoms with Crippen LogP contribution in [0.15, 0.2) is 34.9 Å².